The van der Waals surface area contributed by atoms with Crippen LogP contribution >= 0.6 is 0 Å². The Bertz CT molecular complexity index is 233. The van der Waals surface area contributed by atoms with Gasteiger partial charge in [0.25, 0.3) is 0 Å². The van der Waals surface area contributed by atoms with E-state index in [1.54, 1.807) is 6.92 Å². The maximum absolute atomic E-state index is 11.5. The van der Waals surface area contributed by atoms with Gasteiger partial charge in [-0.2, -0.15) is 0 Å². The van der Waals surface area contributed by atoms with E-state index in [4.69, 9.17) is 9.47 Å². The smallest absolute Gasteiger partial charge is 0.347 e. The molecule has 0 aromatic carbocycles. The maximum Gasteiger partial charge on any atom is 0.347 e. The summed E-state index contributed by atoms with van der Waals surface area (Å²) < 4.78 is 9.98. The number of carbonyl (C=O) groups is 2. The summed E-state index contributed by atoms with van der Waals surface area (Å²) in [7, 11) is 0. The third kappa shape index (κ3) is 5.73. The second kappa shape index (κ2) is 7.25. The fraction of sp³-hybridized carbons (Fsp3) is 0.833. The lowest BCUT2D eigenvalue weighted by Crippen LogP contribution is -2.34. The summed E-state index contributed by atoms with van der Waals surface area (Å²) in [6, 6.07) is 0. The third-order valence-corrected chi connectivity index (χ3v) is 1.96. The monoisotopic (exact) mass is 230 g/mol. The van der Waals surface area contributed by atoms with Gasteiger partial charge in [0.15, 0.2) is 0 Å². The molecule has 0 aliphatic carbocycles. The molecular formula is C12H22O4. The van der Waals surface area contributed by atoms with Gasteiger partial charge in [-0.1, -0.05) is 27.7 Å². The Balaban J connectivity index is 4.34. The average Bonchev–Trinajstić information content (AvgIpc) is 2.12. The molecule has 0 saturated heterocycles. The van der Waals surface area contributed by atoms with Crippen molar-refractivity contribution in [2.45, 2.75) is 47.1 Å². The zero-order valence-corrected chi connectivity index (χ0v) is 10.8. The number of carbonyl (C=O) groups excluding carboxylic acids is 2. The summed E-state index contributed by atoms with van der Waals surface area (Å²) in [6.45, 7) is 9.52. The molecule has 0 saturated carbocycles. The SMILES string of the molecule is CCOC(=O)C(OC(=O)CC(C)C)C(C)C. The Kier molecular flexibility index (Phi) is 6.77. The van der Waals surface area contributed by atoms with Gasteiger partial charge >= 0.3 is 11.9 Å². The number of hydrogen-bond donors (Lipinski definition) is 0. The molecule has 16 heavy (non-hydrogen) atoms. The second-order valence-electron chi connectivity index (χ2n) is 4.50. The highest BCUT2D eigenvalue weighted by Crippen LogP contribution is 2.12. The summed E-state index contributed by atoms with van der Waals surface area (Å²) in [5, 5.41) is 0. The van der Waals surface area contributed by atoms with E-state index in [0.717, 1.165) is 0 Å². The molecule has 0 rings (SSSR count). The second-order valence-corrected chi connectivity index (χ2v) is 4.50. The van der Waals surface area contributed by atoms with Crippen molar-refractivity contribution in [3.8, 4) is 0 Å². The summed E-state index contributed by atoms with van der Waals surface area (Å²) >= 11 is 0. The first kappa shape index (κ1) is 14.9. The lowest BCUT2D eigenvalue weighted by molar-refractivity contribution is -0.171. The van der Waals surface area contributed by atoms with E-state index in [2.05, 4.69) is 0 Å². The fourth-order valence-electron chi connectivity index (χ4n) is 1.20. The minimum Gasteiger partial charge on any atom is -0.463 e. The summed E-state index contributed by atoms with van der Waals surface area (Å²) in [4.78, 5) is 23.0. The van der Waals surface area contributed by atoms with Gasteiger partial charge in [0.05, 0.1) is 6.61 Å². The number of esters is 2. The van der Waals surface area contributed by atoms with Crippen molar-refractivity contribution < 1.29 is 19.1 Å². The Hall–Kier alpha value is -1.06. The maximum atomic E-state index is 11.5. The molecule has 0 amide bonds. The van der Waals surface area contributed by atoms with Crippen LogP contribution in [-0.4, -0.2) is 24.6 Å². The van der Waals surface area contributed by atoms with Crippen LogP contribution < -0.4 is 0 Å². The predicted octanol–water partition coefficient (Wildman–Crippen LogP) is 2.16. The molecule has 0 aromatic heterocycles. The standard InChI is InChI=1S/C12H22O4/c1-6-15-12(14)11(9(4)5)16-10(13)7-8(2)3/h8-9,11H,6-7H2,1-5H3. The van der Waals surface area contributed by atoms with Gasteiger partial charge in [-0.05, 0) is 12.8 Å². The Morgan fingerprint density at radius 2 is 1.69 bits per heavy atom. The molecule has 1 atom stereocenters. The Morgan fingerprint density at radius 1 is 1.12 bits per heavy atom. The van der Waals surface area contributed by atoms with Crippen LogP contribution in [0, 0.1) is 11.8 Å². The van der Waals surface area contributed by atoms with Crippen LogP contribution in [0.15, 0.2) is 0 Å². The van der Waals surface area contributed by atoms with Crippen molar-refractivity contribution in [2.75, 3.05) is 6.61 Å². The summed E-state index contributed by atoms with van der Waals surface area (Å²) in [5.41, 5.74) is 0. The highest BCUT2D eigenvalue weighted by atomic mass is 16.6. The molecule has 0 fully saturated rings. The number of rotatable bonds is 6. The van der Waals surface area contributed by atoms with E-state index in [0.29, 0.717) is 13.0 Å². The van der Waals surface area contributed by atoms with Crippen LogP contribution in [0.25, 0.3) is 0 Å². The molecule has 0 aliphatic rings. The van der Waals surface area contributed by atoms with Crippen molar-refractivity contribution in [3.63, 3.8) is 0 Å². The van der Waals surface area contributed by atoms with E-state index in [-0.39, 0.29) is 17.8 Å². The van der Waals surface area contributed by atoms with Gasteiger partial charge in [-0.25, -0.2) is 4.79 Å². The molecule has 94 valence electrons. The quantitative estimate of drug-likeness (QED) is 0.656. The van der Waals surface area contributed by atoms with Crippen molar-refractivity contribution in [3.05, 3.63) is 0 Å². The number of ether oxygens (including phenoxy) is 2. The van der Waals surface area contributed by atoms with Gasteiger partial charge in [0.1, 0.15) is 0 Å². The average molecular weight is 230 g/mol. The molecule has 0 heterocycles. The van der Waals surface area contributed by atoms with Crippen LogP contribution in [0.2, 0.25) is 0 Å². The van der Waals surface area contributed by atoms with Gasteiger partial charge < -0.3 is 9.47 Å². The molecule has 0 N–H and O–H groups in total. The van der Waals surface area contributed by atoms with Gasteiger partial charge in [0, 0.05) is 12.3 Å². The molecule has 0 aromatic rings. The highest BCUT2D eigenvalue weighted by Gasteiger charge is 2.27. The Morgan fingerprint density at radius 3 is 2.06 bits per heavy atom. The van der Waals surface area contributed by atoms with Crippen LogP contribution in [0.5, 0.6) is 0 Å². The molecule has 0 bridgehead atoms. The molecule has 4 heteroatoms. The lowest BCUT2D eigenvalue weighted by Gasteiger charge is -2.19. The first-order chi connectivity index (χ1) is 7.38. The molecular weight excluding hydrogens is 208 g/mol. The van der Waals surface area contributed by atoms with Crippen molar-refractivity contribution in [2.24, 2.45) is 11.8 Å². The Labute approximate surface area is 97.3 Å². The zero-order chi connectivity index (χ0) is 12.7. The molecule has 0 aliphatic heterocycles. The van der Waals surface area contributed by atoms with Gasteiger partial charge in [-0.15, -0.1) is 0 Å². The van der Waals surface area contributed by atoms with Crippen LogP contribution in [0.1, 0.15) is 41.0 Å². The molecule has 4 nitrogen and oxygen atoms in total. The molecule has 0 radical (unpaired) electrons. The normalized spacial score (nSPS) is 12.7. The topological polar surface area (TPSA) is 52.6 Å². The first-order valence-corrected chi connectivity index (χ1v) is 5.74. The predicted molar refractivity (Wildman–Crippen MR) is 60.8 cm³/mol. The van der Waals surface area contributed by atoms with Crippen LogP contribution in [0.3, 0.4) is 0 Å². The zero-order valence-electron chi connectivity index (χ0n) is 10.8. The first-order valence-electron chi connectivity index (χ1n) is 5.74. The molecule has 1 unspecified atom stereocenters. The van der Waals surface area contributed by atoms with Crippen LogP contribution in [0.4, 0.5) is 0 Å². The van der Waals surface area contributed by atoms with E-state index in [1.165, 1.54) is 0 Å². The van der Waals surface area contributed by atoms with E-state index < -0.39 is 12.1 Å². The van der Waals surface area contributed by atoms with Crippen molar-refractivity contribution >= 4 is 11.9 Å². The van der Waals surface area contributed by atoms with E-state index in [1.807, 2.05) is 27.7 Å². The van der Waals surface area contributed by atoms with Gasteiger partial charge in [0.2, 0.25) is 6.10 Å². The minimum atomic E-state index is -0.786. The third-order valence-electron chi connectivity index (χ3n) is 1.96. The largest absolute Gasteiger partial charge is 0.463 e. The van der Waals surface area contributed by atoms with E-state index >= 15 is 0 Å². The van der Waals surface area contributed by atoms with E-state index in [9.17, 15) is 9.59 Å². The van der Waals surface area contributed by atoms with Crippen molar-refractivity contribution in [1.82, 2.24) is 0 Å². The molecule has 0 spiro atoms. The van der Waals surface area contributed by atoms with Crippen LogP contribution in [-0.2, 0) is 19.1 Å². The van der Waals surface area contributed by atoms with Gasteiger partial charge in [-0.3, -0.25) is 4.79 Å². The van der Waals surface area contributed by atoms with Crippen molar-refractivity contribution in [1.29, 1.82) is 0 Å². The lowest BCUT2D eigenvalue weighted by atomic mass is 10.1. The summed E-state index contributed by atoms with van der Waals surface area (Å²) in [6.07, 6.45) is -0.464. The highest BCUT2D eigenvalue weighted by molar-refractivity contribution is 5.79. The number of hydrogen-bond acceptors (Lipinski definition) is 4. The minimum absolute atomic E-state index is 0.0739. The fourth-order valence-corrected chi connectivity index (χ4v) is 1.20. The summed E-state index contributed by atoms with van der Waals surface area (Å²) in [5.74, 6) is -0.658.